The van der Waals surface area contributed by atoms with Crippen molar-refractivity contribution in [2.45, 2.75) is 34.3 Å². The fourth-order valence-corrected chi connectivity index (χ4v) is 1.28. The van der Waals surface area contributed by atoms with E-state index in [-0.39, 0.29) is 0 Å². The van der Waals surface area contributed by atoms with Gasteiger partial charge in [0.15, 0.2) is 0 Å². The van der Waals surface area contributed by atoms with E-state index in [1.54, 1.807) is 7.11 Å². The lowest BCUT2D eigenvalue weighted by molar-refractivity contribution is 0.0548. The fourth-order valence-electron chi connectivity index (χ4n) is 1.28. The van der Waals surface area contributed by atoms with Gasteiger partial charge >= 0.3 is 0 Å². The van der Waals surface area contributed by atoms with E-state index in [4.69, 9.17) is 9.47 Å². The van der Waals surface area contributed by atoms with Crippen LogP contribution in [-0.2, 0) is 16.1 Å². The van der Waals surface area contributed by atoms with Gasteiger partial charge < -0.3 is 9.47 Å². The number of methoxy groups -OCH3 is 1. The third-order valence-electron chi connectivity index (χ3n) is 2.08. The predicted octanol–water partition coefficient (Wildman–Crippen LogP) is 3.22. The van der Waals surface area contributed by atoms with Crippen molar-refractivity contribution >= 4 is 0 Å². The molecule has 1 atom stereocenters. The smallest absolute Gasteiger partial charge is 0.0887 e. The molecule has 1 aromatic rings. The van der Waals surface area contributed by atoms with E-state index >= 15 is 0 Å². The summed E-state index contributed by atoms with van der Waals surface area (Å²) in [6.07, 6.45) is 1.86. The highest BCUT2D eigenvalue weighted by atomic mass is 16.5. The Labute approximate surface area is 105 Å². The molecular formula is C14H25NO2. The topological polar surface area (TPSA) is 31.4 Å². The summed E-state index contributed by atoms with van der Waals surface area (Å²) in [4.78, 5) is 4.26. The zero-order valence-corrected chi connectivity index (χ0v) is 11.7. The minimum atomic E-state index is 0.431. The summed E-state index contributed by atoms with van der Waals surface area (Å²) < 4.78 is 10.6. The predicted molar refractivity (Wildman–Crippen MR) is 71.0 cm³/mol. The van der Waals surface area contributed by atoms with Crippen LogP contribution < -0.4 is 0 Å². The van der Waals surface area contributed by atoms with Gasteiger partial charge in [-0.2, -0.15) is 0 Å². The summed E-state index contributed by atoms with van der Waals surface area (Å²) in [5.74, 6) is 0.431. The molecule has 17 heavy (non-hydrogen) atoms. The van der Waals surface area contributed by atoms with Crippen molar-refractivity contribution in [3.8, 4) is 0 Å². The number of aryl methyl sites for hydroxylation is 1. The first kappa shape index (κ1) is 16.1. The van der Waals surface area contributed by atoms with Gasteiger partial charge in [0.2, 0.25) is 0 Å². The Bertz CT molecular complexity index is 272. The monoisotopic (exact) mass is 239 g/mol. The molecule has 3 heteroatoms. The summed E-state index contributed by atoms with van der Waals surface area (Å²) in [5.41, 5.74) is 2.15. The van der Waals surface area contributed by atoms with Crippen LogP contribution in [0.15, 0.2) is 18.3 Å². The van der Waals surface area contributed by atoms with Crippen LogP contribution in [0.4, 0.5) is 0 Å². The van der Waals surface area contributed by atoms with Gasteiger partial charge in [0.1, 0.15) is 0 Å². The van der Waals surface area contributed by atoms with E-state index in [0.717, 1.165) is 12.3 Å². The van der Waals surface area contributed by atoms with Gasteiger partial charge in [0.25, 0.3) is 0 Å². The zero-order chi connectivity index (χ0) is 13.1. The van der Waals surface area contributed by atoms with Gasteiger partial charge in [0.05, 0.1) is 25.5 Å². The maximum atomic E-state index is 5.53. The second kappa shape index (κ2) is 10.2. The number of rotatable bonds is 6. The number of ether oxygens (including phenoxy) is 2. The van der Waals surface area contributed by atoms with Crippen molar-refractivity contribution in [3.05, 3.63) is 29.6 Å². The Morgan fingerprint density at radius 1 is 1.24 bits per heavy atom. The zero-order valence-electron chi connectivity index (χ0n) is 11.7. The molecule has 0 aliphatic carbocycles. The lowest BCUT2D eigenvalue weighted by atomic mass is 10.2. The molecule has 0 bridgehead atoms. The molecule has 98 valence electrons. The average molecular weight is 239 g/mol. The molecule has 1 unspecified atom stereocenters. The van der Waals surface area contributed by atoms with Crippen LogP contribution in [0.1, 0.15) is 32.0 Å². The van der Waals surface area contributed by atoms with Crippen LogP contribution in [0, 0.1) is 12.8 Å². The van der Waals surface area contributed by atoms with Gasteiger partial charge in [-0.3, -0.25) is 4.98 Å². The number of hydrogen-bond acceptors (Lipinski definition) is 3. The van der Waals surface area contributed by atoms with E-state index in [0.29, 0.717) is 19.1 Å². The van der Waals surface area contributed by atoms with Crippen molar-refractivity contribution in [1.29, 1.82) is 0 Å². The van der Waals surface area contributed by atoms with Gasteiger partial charge in [-0.1, -0.05) is 26.8 Å². The van der Waals surface area contributed by atoms with Crippen molar-refractivity contribution in [2.24, 2.45) is 5.92 Å². The van der Waals surface area contributed by atoms with Crippen molar-refractivity contribution < 1.29 is 9.47 Å². The largest absolute Gasteiger partial charge is 0.384 e. The van der Waals surface area contributed by atoms with Crippen LogP contribution >= 0.6 is 0 Å². The third kappa shape index (κ3) is 7.88. The lowest BCUT2D eigenvalue weighted by Crippen LogP contribution is -2.11. The van der Waals surface area contributed by atoms with Crippen molar-refractivity contribution in [2.75, 3.05) is 20.3 Å². The van der Waals surface area contributed by atoms with Crippen molar-refractivity contribution in [3.63, 3.8) is 0 Å². The summed E-state index contributed by atoms with van der Waals surface area (Å²) in [6.45, 7) is 10.2. The molecule has 0 saturated heterocycles. The highest BCUT2D eigenvalue weighted by molar-refractivity contribution is 5.11. The van der Waals surface area contributed by atoms with Gasteiger partial charge in [-0.25, -0.2) is 0 Å². The Morgan fingerprint density at radius 3 is 2.47 bits per heavy atom. The Hall–Kier alpha value is -0.930. The standard InChI is InChI=1S/C12H19NO2.C2H6/c1-10-4-5-12(13-6-10)9-15-8-11(2)7-14-3;1-2/h4-6,11H,7-9H2,1-3H3;1-2H3. The molecule has 0 N–H and O–H groups in total. The first-order valence-electron chi connectivity index (χ1n) is 6.20. The molecule has 1 aromatic heterocycles. The molecule has 1 heterocycles. The number of nitrogens with zero attached hydrogens (tertiary/aromatic N) is 1. The molecule has 0 saturated carbocycles. The fraction of sp³-hybridized carbons (Fsp3) is 0.643. The summed E-state index contributed by atoms with van der Waals surface area (Å²) in [7, 11) is 1.71. The SMILES string of the molecule is CC.COCC(C)COCc1ccc(C)cn1. The second-order valence-corrected chi connectivity index (χ2v) is 3.90. The molecule has 0 fully saturated rings. The number of pyridine rings is 1. The van der Waals surface area contributed by atoms with E-state index in [1.807, 2.05) is 39.1 Å². The normalized spacial score (nSPS) is 11.6. The van der Waals surface area contributed by atoms with E-state index in [2.05, 4.69) is 11.9 Å². The van der Waals surface area contributed by atoms with Crippen LogP contribution in [-0.4, -0.2) is 25.3 Å². The van der Waals surface area contributed by atoms with E-state index in [9.17, 15) is 0 Å². The Balaban J connectivity index is 0.00000121. The maximum absolute atomic E-state index is 5.53. The first-order chi connectivity index (χ1) is 8.22. The minimum Gasteiger partial charge on any atom is -0.384 e. The Morgan fingerprint density at radius 2 is 1.94 bits per heavy atom. The molecule has 0 aromatic carbocycles. The summed E-state index contributed by atoms with van der Waals surface area (Å²) in [6, 6.07) is 4.04. The van der Waals surface area contributed by atoms with E-state index in [1.165, 1.54) is 5.56 Å². The lowest BCUT2D eigenvalue weighted by Gasteiger charge is -2.10. The highest BCUT2D eigenvalue weighted by Crippen LogP contribution is 2.02. The average Bonchev–Trinajstić information content (AvgIpc) is 2.35. The summed E-state index contributed by atoms with van der Waals surface area (Å²) >= 11 is 0. The first-order valence-corrected chi connectivity index (χ1v) is 6.20. The van der Waals surface area contributed by atoms with Gasteiger partial charge in [-0.05, 0) is 18.6 Å². The molecule has 0 radical (unpaired) electrons. The van der Waals surface area contributed by atoms with Gasteiger partial charge in [0, 0.05) is 19.2 Å². The Kier molecular flexibility index (Phi) is 9.68. The molecule has 1 rings (SSSR count). The van der Waals surface area contributed by atoms with Crippen LogP contribution in [0.25, 0.3) is 0 Å². The molecule has 0 spiro atoms. The second-order valence-electron chi connectivity index (χ2n) is 3.90. The third-order valence-corrected chi connectivity index (χ3v) is 2.08. The van der Waals surface area contributed by atoms with Crippen LogP contribution in [0.5, 0.6) is 0 Å². The highest BCUT2D eigenvalue weighted by Gasteiger charge is 2.01. The van der Waals surface area contributed by atoms with Crippen molar-refractivity contribution in [1.82, 2.24) is 4.98 Å². The summed E-state index contributed by atoms with van der Waals surface area (Å²) in [5, 5.41) is 0. The maximum Gasteiger partial charge on any atom is 0.0887 e. The van der Waals surface area contributed by atoms with Crippen LogP contribution in [0.3, 0.4) is 0 Å². The molecule has 3 nitrogen and oxygen atoms in total. The molecule has 0 aliphatic heterocycles. The quantitative estimate of drug-likeness (QED) is 0.764. The molecule has 0 aliphatic rings. The van der Waals surface area contributed by atoms with Crippen LogP contribution in [0.2, 0.25) is 0 Å². The number of aromatic nitrogens is 1. The molecular weight excluding hydrogens is 214 g/mol. The van der Waals surface area contributed by atoms with E-state index < -0.39 is 0 Å². The minimum absolute atomic E-state index is 0.431. The number of hydrogen-bond donors (Lipinski definition) is 0. The molecule has 0 amide bonds. The van der Waals surface area contributed by atoms with Gasteiger partial charge in [-0.15, -0.1) is 0 Å².